The van der Waals surface area contributed by atoms with E-state index in [-0.39, 0.29) is 18.4 Å². The lowest BCUT2D eigenvalue weighted by Gasteiger charge is -2.23. The van der Waals surface area contributed by atoms with Gasteiger partial charge in [-0.25, -0.2) is 0 Å². The molecule has 29 heavy (non-hydrogen) atoms. The number of methoxy groups -OCH3 is 2. The van der Waals surface area contributed by atoms with Crippen LogP contribution in [0.1, 0.15) is 12.5 Å². The summed E-state index contributed by atoms with van der Waals surface area (Å²) in [6, 6.07) is 11.9. The van der Waals surface area contributed by atoms with Crippen molar-refractivity contribution in [2.75, 3.05) is 33.1 Å². The molecule has 0 saturated heterocycles. The van der Waals surface area contributed by atoms with Gasteiger partial charge < -0.3 is 20.1 Å². The first-order valence-electron chi connectivity index (χ1n) is 9.08. The van der Waals surface area contributed by atoms with E-state index in [1.165, 1.54) is 7.11 Å². The molecule has 0 aliphatic carbocycles. The Hall–Kier alpha value is -2.77. The normalized spacial score (nSPS) is 11.7. The van der Waals surface area contributed by atoms with Crippen molar-refractivity contribution in [1.82, 2.24) is 10.2 Å². The number of ether oxygens (including phenoxy) is 2. The molecule has 0 aliphatic rings. The summed E-state index contributed by atoms with van der Waals surface area (Å²) in [5.74, 6) is 0.825. The molecular formula is C21H26ClN3O4. The van der Waals surface area contributed by atoms with Gasteiger partial charge in [0.25, 0.3) is 0 Å². The summed E-state index contributed by atoms with van der Waals surface area (Å²) in [6.07, 6.45) is 0. The highest BCUT2D eigenvalue weighted by Gasteiger charge is 2.20. The van der Waals surface area contributed by atoms with Crippen LogP contribution in [0.4, 0.5) is 5.69 Å². The number of nitrogens with zero attached hydrogens (tertiary/aromatic N) is 1. The largest absolute Gasteiger partial charge is 0.497 e. The van der Waals surface area contributed by atoms with Gasteiger partial charge in [-0.15, -0.1) is 0 Å². The molecule has 0 unspecified atom stereocenters. The molecule has 7 nitrogen and oxygen atoms in total. The first-order valence-corrected chi connectivity index (χ1v) is 9.46. The van der Waals surface area contributed by atoms with Gasteiger partial charge in [0.1, 0.15) is 11.5 Å². The van der Waals surface area contributed by atoms with Gasteiger partial charge in [-0.05, 0) is 49.9 Å². The number of nitrogens with one attached hydrogen (secondary N) is 2. The zero-order valence-electron chi connectivity index (χ0n) is 17.0. The second kappa shape index (κ2) is 10.7. The molecule has 0 spiro atoms. The van der Waals surface area contributed by atoms with Crippen LogP contribution in [0.3, 0.4) is 0 Å². The van der Waals surface area contributed by atoms with E-state index in [1.807, 2.05) is 24.3 Å². The van der Waals surface area contributed by atoms with Crippen molar-refractivity contribution < 1.29 is 19.1 Å². The number of halogens is 1. The highest BCUT2D eigenvalue weighted by atomic mass is 35.5. The molecule has 0 radical (unpaired) electrons. The van der Waals surface area contributed by atoms with Crippen molar-refractivity contribution >= 4 is 29.1 Å². The van der Waals surface area contributed by atoms with Crippen LogP contribution in [-0.4, -0.2) is 50.6 Å². The summed E-state index contributed by atoms with van der Waals surface area (Å²) < 4.78 is 10.3. The fourth-order valence-corrected chi connectivity index (χ4v) is 2.78. The smallest absolute Gasteiger partial charge is 0.238 e. The molecule has 0 heterocycles. The molecule has 0 aromatic heterocycles. The van der Waals surface area contributed by atoms with Crippen LogP contribution in [-0.2, 0) is 16.1 Å². The third-order valence-electron chi connectivity index (χ3n) is 4.50. The first-order chi connectivity index (χ1) is 13.8. The Morgan fingerprint density at radius 1 is 1.10 bits per heavy atom. The Kier molecular flexibility index (Phi) is 8.30. The summed E-state index contributed by atoms with van der Waals surface area (Å²) in [6.45, 7) is 2.18. The number of hydrogen-bond acceptors (Lipinski definition) is 5. The molecule has 2 aromatic carbocycles. The van der Waals surface area contributed by atoms with E-state index < -0.39 is 6.04 Å². The minimum Gasteiger partial charge on any atom is -0.497 e. The second-order valence-corrected chi connectivity index (χ2v) is 6.99. The number of likely N-dealkylation sites (N-methyl/N-ethyl adjacent to an activating group) is 1. The van der Waals surface area contributed by atoms with E-state index in [2.05, 4.69) is 10.6 Å². The monoisotopic (exact) mass is 419 g/mol. The van der Waals surface area contributed by atoms with E-state index in [0.29, 0.717) is 23.0 Å². The molecule has 1 atom stereocenters. The van der Waals surface area contributed by atoms with Crippen LogP contribution < -0.4 is 20.1 Å². The Balaban J connectivity index is 1.86. The molecule has 156 valence electrons. The van der Waals surface area contributed by atoms with Gasteiger partial charge in [-0.2, -0.15) is 0 Å². The lowest BCUT2D eigenvalue weighted by Crippen LogP contribution is -2.45. The summed E-state index contributed by atoms with van der Waals surface area (Å²) in [5.41, 5.74) is 1.44. The summed E-state index contributed by atoms with van der Waals surface area (Å²) in [5, 5.41) is 6.12. The third kappa shape index (κ3) is 6.66. The van der Waals surface area contributed by atoms with E-state index in [9.17, 15) is 9.59 Å². The fraction of sp³-hybridized carbons (Fsp3) is 0.333. The highest BCUT2D eigenvalue weighted by Crippen LogP contribution is 2.27. The van der Waals surface area contributed by atoms with E-state index >= 15 is 0 Å². The number of hydrogen-bond donors (Lipinski definition) is 2. The maximum Gasteiger partial charge on any atom is 0.238 e. The molecule has 2 aromatic rings. The van der Waals surface area contributed by atoms with Gasteiger partial charge >= 0.3 is 0 Å². The minimum atomic E-state index is -0.486. The number of benzene rings is 2. The van der Waals surface area contributed by atoms with Crippen LogP contribution in [0.25, 0.3) is 0 Å². The summed E-state index contributed by atoms with van der Waals surface area (Å²) in [7, 11) is 4.83. The van der Waals surface area contributed by atoms with E-state index in [1.54, 1.807) is 44.2 Å². The van der Waals surface area contributed by atoms with Gasteiger partial charge in [0.05, 0.1) is 32.5 Å². The number of carbonyl (C=O) groups is 2. The van der Waals surface area contributed by atoms with Crippen molar-refractivity contribution in [1.29, 1.82) is 0 Å². The molecule has 2 N–H and O–H groups in total. The van der Waals surface area contributed by atoms with Crippen LogP contribution in [0.5, 0.6) is 11.5 Å². The predicted molar refractivity (Wildman–Crippen MR) is 114 cm³/mol. The van der Waals surface area contributed by atoms with E-state index in [4.69, 9.17) is 21.1 Å². The van der Waals surface area contributed by atoms with Crippen molar-refractivity contribution in [3.63, 3.8) is 0 Å². The molecule has 0 saturated carbocycles. The lowest BCUT2D eigenvalue weighted by molar-refractivity contribution is -0.126. The average Bonchev–Trinajstić information content (AvgIpc) is 2.71. The van der Waals surface area contributed by atoms with Gasteiger partial charge in [-0.1, -0.05) is 23.7 Å². The summed E-state index contributed by atoms with van der Waals surface area (Å²) >= 11 is 5.98. The number of amides is 2. The third-order valence-corrected chi connectivity index (χ3v) is 4.73. The van der Waals surface area contributed by atoms with Gasteiger partial charge in [0, 0.05) is 11.6 Å². The van der Waals surface area contributed by atoms with Gasteiger partial charge in [0.15, 0.2) is 0 Å². The van der Waals surface area contributed by atoms with Crippen LogP contribution in [0, 0.1) is 0 Å². The Bertz CT molecular complexity index is 842. The molecule has 2 amide bonds. The minimum absolute atomic E-state index is 0.0345. The highest BCUT2D eigenvalue weighted by molar-refractivity contribution is 6.31. The average molecular weight is 420 g/mol. The number of rotatable bonds is 9. The molecule has 2 rings (SSSR count). The Morgan fingerprint density at radius 3 is 2.41 bits per heavy atom. The first kappa shape index (κ1) is 22.5. The van der Waals surface area contributed by atoms with Crippen LogP contribution in [0.2, 0.25) is 5.02 Å². The quantitative estimate of drug-likeness (QED) is 0.653. The SMILES string of the molecule is COc1ccc(CNC(=O)[C@H](C)N(C)CC(=O)Nc2cc(Cl)ccc2OC)cc1. The number of anilines is 1. The maximum atomic E-state index is 12.4. The predicted octanol–water partition coefficient (Wildman–Crippen LogP) is 2.93. The number of carbonyl (C=O) groups excluding carboxylic acids is 2. The van der Waals surface area contributed by atoms with Crippen molar-refractivity contribution in [2.24, 2.45) is 0 Å². The van der Waals surface area contributed by atoms with Crippen molar-refractivity contribution in [2.45, 2.75) is 19.5 Å². The van der Waals surface area contributed by atoms with Gasteiger partial charge in [-0.3, -0.25) is 14.5 Å². The zero-order valence-corrected chi connectivity index (χ0v) is 17.7. The second-order valence-electron chi connectivity index (χ2n) is 6.55. The molecule has 0 aliphatic heterocycles. The topological polar surface area (TPSA) is 79.9 Å². The standard InChI is InChI=1S/C21H26ClN3O4/c1-14(21(27)23-12-15-5-8-17(28-3)9-6-15)25(2)13-20(26)24-18-11-16(22)7-10-19(18)29-4/h5-11,14H,12-13H2,1-4H3,(H,23,27)(H,24,26)/t14-/m0/s1. The fourth-order valence-electron chi connectivity index (χ4n) is 2.61. The van der Waals surface area contributed by atoms with Crippen LogP contribution >= 0.6 is 11.6 Å². The Labute approximate surface area is 175 Å². The van der Waals surface area contributed by atoms with Gasteiger partial charge in [0.2, 0.25) is 11.8 Å². The maximum absolute atomic E-state index is 12.4. The zero-order chi connectivity index (χ0) is 21.4. The van der Waals surface area contributed by atoms with Crippen molar-refractivity contribution in [3.05, 3.63) is 53.1 Å². The molecular weight excluding hydrogens is 394 g/mol. The van der Waals surface area contributed by atoms with Crippen molar-refractivity contribution in [3.8, 4) is 11.5 Å². The summed E-state index contributed by atoms with van der Waals surface area (Å²) in [4.78, 5) is 26.5. The Morgan fingerprint density at radius 2 is 1.79 bits per heavy atom. The molecule has 0 bridgehead atoms. The van der Waals surface area contributed by atoms with Crippen LogP contribution in [0.15, 0.2) is 42.5 Å². The lowest BCUT2D eigenvalue weighted by atomic mass is 10.2. The van der Waals surface area contributed by atoms with E-state index in [0.717, 1.165) is 11.3 Å². The molecule has 0 fully saturated rings. The molecule has 8 heteroatoms.